The minimum Gasteiger partial charge on any atom is -0.0882 e. The van der Waals surface area contributed by atoms with E-state index in [1.807, 2.05) is 0 Å². The molecule has 0 aliphatic rings. The van der Waals surface area contributed by atoms with Crippen molar-refractivity contribution in [3.63, 3.8) is 0 Å². The summed E-state index contributed by atoms with van der Waals surface area (Å²) in [5.74, 6) is 0. The summed E-state index contributed by atoms with van der Waals surface area (Å²) in [7, 11) is 0. The number of rotatable bonds is 13. The molecule has 0 unspecified atom stereocenters. The fraction of sp³-hybridized carbons (Fsp3) is 0.722. The molecule has 0 heteroatoms. The molecule has 0 saturated carbocycles. The summed E-state index contributed by atoms with van der Waals surface area (Å²) < 4.78 is 0. The van der Waals surface area contributed by atoms with Crippen LogP contribution in [-0.2, 0) is 0 Å². The van der Waals surface area contributed by atoms with E-state index in [1.165, 1.54) is 64.2 Å². The molecule has 18 heavy (non-hydrogen) atoms. The van der Waals surface area contributed by atoms with Crippen LogP contribution in [0.4, 0.5) is 0 Å². The highest BCUT2D eigenvalue weighted by atomic mass is 13.9. The van der Waals surface area contributed by atoms with Gasteiger partial charge in [-0.05, 0) is 32.1 Å². The van der Waals surface area contributed by atoms with Gasteiger partial charge in [-0.1, -0.05) is 83.1 Å². The Kier molecular flexibility index (Phi) is 16.0. The quantitative estimate of drug-likeness (QED) is 0.254. The average Bonchev–Trinajstić information content (AvgIpc) is 2.39. The third kappa shape index (κ3) is 15.5. The zero-order chi connectivity index (χ0) is 13.3. The van der Waals surface area contributed by atoms with Crippen molar-refractivity contribution >= 4 is 0 Å². The molecular formula is C18H33. The van der Waals surface area contributed by atoms with E-state index in [9.17, 15) is 0 Å². The van der Waals surface area contributed by atoms with Gasteiger partial charge in [0.25, 0.3) is 0 Å². The Bertz CT molecular complexity index is 188. The molecule has 0 aliphatic heterocycles. The van der Waals surface area contributed by atoms with E-state index in [4.69, 9.17) is 0 Å². The van der Waals surface area contributed by atoms with Crippen molar-refractivity contribution in [2.24, 2.45) is 0 Å². The van der Waals surface area contributed by atoms with Gasteiger partial charge in [-0.3, -0.25) is 0 Å². The Morgan fingerprint density at radius 1 is 0.667 bits per heavy atom. The Morgan fingerprint density at radius 2 is 1.22 bits per heavy atom. The highest BCUT2D eigenvalue weighted by molar-refractivity contribution is 4.92. The van der Waals surface area contributed by atoms with Crippen molar-refractivity contribution < 1.29 is 0 Å². The van der Waals surface area contributed by atoms with E-state index in [0.29, 0.717) is 0 Å². The van der Waals surface area contributed by atoms with Crippen LogP contribution in [0.25, 0.3) is 0 Å². The maximum absolute atomic E-state index is 3.87. The molecule has 1 radical (unpaired) electrons. The molecule has 0 amide bonds. The predicted octanol–water partition coefficient (Wildman–Crippen LogP) is 6.63. The zero-order valence-corrected chi connectivity index (χ0v) is 12.5. The molecule has 0 fully saturated rings. The lowest BCUT2D eigenvalue weighted by Crippen LogP contribution is -1.77. The van der Waals surface area contributed by atoms with Gasteiger partial charge in [0.2, 0.25) is 0 Å². The molecule has 0 rings (SSSR count). The average molecular weight is 249 g/mol. The van der Waals surface area contributed by atoms with Gasteiger partial charge in [-0.15, -0.1) is 0 Å². The van der Waals surface area contributed by atoms with Gasteiger partial charge in [0.1, 0.15) is 0 Å². The molecule has 0 spiro atoms. The fourth-order valence-corrected chi connectivity index (χ4v) is 1.99. The van der Waals surface area contributed by atoms with Crippen molar-refractivity contribution in [2.45, 2.75) is 84.0 Å². The lowest BCUT2D eigenvalue weighted by Gasteiger charge is -1.97. The maximum Gasteiger partial charge on any atom is -0.0169 e. The van der Waals surface area contributed by atoms with E-state index in [0.717, 1.165) is 12.8 Å². The van der Waals surface area contributed by atoms with Gasteiger partial charge in [-0.2, -0.15) is 0 Å². The van der Waals surface area contributed by atoms with Gasteiger partial charge in [0, 0.05) is 0 Å². The van der Waals surface area contributed by atoms with Crippen LogP contribution in [0, 0.1) is 6.92 Å². The number of unbranched alkanes of at least 4 members (excludes halogenated alkanes) is 9. The van der Waals surface area contributed by atoms with Crippen LogP contribution in [0.2, 0.25) is 0 Å². The summed E-state index contributed by atoms with van der Waals surface area (Å²) in [5, 5.41) is 0. The van der Waals surface area contributed by atoms with E-state index >= 15 is 0 Å². The topological polar surface area (TPSA) is 0 Å². The second-order valence-corrected chi connectivity index (χ2v) is 5.08. The second kappa shape index (κ2) is 16.5. The van der Waals surface area contributed by atoms with Crippen molar-refractivity contribution in [2.75, 3.05) is 0 Å². The van der Waals surface area contributed by atoms with Gasteiger partial charge >= 0.3 is 0 Å². The molecule has 0 nitrogen and oxygen atoms in total. The van der Waals surface area contributed by atoms with Crippen LogP contribution in [0.3, 0.4) is 0 Å². The molecule has 0 N–H and O–H groups in total. The normalized spacial score (nSPS) is 11.9. The highest BCUT2D eigenvalue weighted by Gasteiger charge is 1.87. The first-order valence-electron chi connectivity index (χ1n) is 8.01. The van der Waals surface area contributed by atoms with Gasteiger partial charge in [0.05, 0.1) is 0 Å². The van der Waals surface area contributed by atoms with E-state index in [-0.39, 0.29) is 0 Å². The van der Waals surface area contributed by atoms with Crippen molar-refractivity contribution in [3.05, 3.63) is 31.2 Å². The fourth-order valence-electron chi connectivity index (χ4n) is 1.99. The lowest BCUT2D eigenvalue weighted by molar-refractivity contribution is 0.621. The summed E-state index contributed by atoms with van der Waals surface area (Å²) in [5.41, 5.74) is 0. The van der Waals surface area contributed by atoms with Gasteiger partial charge < -0.3 is 0 Å². The number of allylic oxidation sites excluding steroid dienone is 4. The molecule has 105 valence electrons. The van der Waals surface area contributed by atoms with Crippen molar-refractivity contribution in [1.82, 2.24) is 0 Å². The lowest BCUT2D eigenvalue weighted by atomic mass is 10.1. The molecule has 0 aromatic rings. The van der Waals surface area contributed by atoms with Gasteiger partial charge in [0.15, 0.2) is 0 Å². The van der Waals surface area contributed by atoms with Crippen molar-refractivity contribution in [3.8, 4) is 0 Å². The minimum absolute atomic E-state index is 1.10. The SMILES string of the molecule is [CH2]CCCCCCC/C=C/C/C=C\CCCCC. The minimum atomic E-state index is 1.10. The largest absolute Gasteiger partial charge is 0.0882 e. The molecule has 0 bridgehead atoms. The van der Waals surface area contributed by atoms with Crippen molar-refractivity contribution in [1.29, 1.82) is 0 Å². The smallest absolute Gasteiger partial charge is 0.0169 e. The van der Waals surface area contributed by atoms with Crippen LogP contribution in [0.5, 0.6) is 0 Å². The summed E-state index contributed by atoms with van der Waals surface area (Å²) in [6, 6.07) is 0. The van der Waals surface area contributed by atoms with Crippen LogP contribution in [0.15, 0.2) is 24.3 Å². The summed E-state index contributed by atoms with van der Waals surface area (Å²) >= 11 is 0. The second-order valence-electron chi connectivity index (χ2n) is 5.08. The Morgan fingerprint density at radius 3 is 1.83 bits per heavy atom. The summed E-state index contributed by atoms with van der Waals surface area (Å²) in [6.07, 6.45) is 24.9. The van der Waals surface area contributed by atoms with Gasteiger partial charge in [-0.25, -0.2) is 0 Å². The number of hydrogen-bond acceptors (Lipinski definition) is 0. The van der Waals surface area contributed by atoms with E-state index in [2.05, 4.69) is 38.2 Å². The molecule has 0 heterocycles. The first kappa shape index (κ1) is 17.5. The van der Waals surface area contributed by atoms with E-state index in [1.54, 1.807) is 0 Å². The maximum atomic E-state index is 3.87. The Labute approximate surface area is 116 Å². The molecule has 0 saturated heterocycles. The molecule has 0 aromatic heterocycles. The molecule has 0 atom stereocenters. The monoisotopic (exact) mass is 249 g/mol. The third-order valence-corrected chi connectivity index (χ3v) is 3.20. The third-order valence-electron chi connectivity index (χ3n) is 3.20. The molecular weight excluding hydrogens is 216 g/mol. The van der Waals surface area contributed by atoms with Crippen LogP contribution in [0.1, 0.15) is 84.0 Å². The zero-order valence-electron chi connectivity index (χ0n) is 12.5. The van der Waals surface area contributed by atoms with Crippen LogP contribution in [-0.4, -0.2) is 0 Å². The predicted molar refractivity (Wildman–Crippen MR) is 84.7 cm³/mol. The van der Waals surface area contributed by atoms with Crippen LogP contribution < -0.4 is 0 Å². The standard InChI is InChI=1S/C18H33/c1-3-5-7-9-11-13-15-17-18-16-14-12-10-8-6-4-2/h12,14,17-18H,1,3-11,13,15-16H2,2H3/b14-12-,18-17+. The Balaban J connectivity index is 3.13. The first-order valence-corrected chi connectivity index (χ1v) is 8.01. The number of hydrogen-bond donors (Lipinski definition) is 0. The first-order chi connectivity index (χ1) is 8.91. The Hall–Kier alpha value is -0.520. The highest BCUT2D eigenvalue weighted by Crippen LogP contribution is 2.07. The van der Waals surface area contributed by atoms with E-state index < -0.39 is 0 Å². The molecule has 0 aromatic carbocycles. The summed E-state index contributed by atoms with van der Waals surface area (Å²) in [6.45, 7) is 6.12. The molecule has 0 aliphatic carbocycles. The van der Waals surface area contributed by atoms with Crippen LogP contribution >= 0.6 is 0 Å². The summed E-state index contributed by atoms with van der Waals surface area (Å²) in [4.78, 5) is 0.